The molecule has 0 saturated heterocycles. The molecule has 0 radical (unpaired) electrons. The Balaban J connectivity index is 1.31. The molecule has 2 nitrogen and oxygen atoms in total. The number of aliphatic imine (C=N–C) groups is 2. The minimum absolute atomic E-state index is 0.377. The van der Waals surface area contributed by atoms with Crippen LogP contribution in [0.1, 0.15) is 140 Å². The molecule has 0 amide bonds. The van der Waals surface area contributed by atoms with E-state index in [4.69, 9.17) is 0 Å². The number of hydrogen-bond donors (Lipinski definition) is 0. The van der Waals surface area contributed by atoms with E-state index in [2.05, 4.69) is 77.6 Å². The second kappa shape index (κ2) is 19.7. The Bertz CT molecular complexity index is 821. The lowest BCUT2D eigenvalue weighted by molar-refractivity contribution is 0.412. The fourth-order valence-electron chi connectivity index (χ4n) is 5.87. The van der Waals surface area contributed by atoms with Crippen molar-refractivity contribution < 1.29 is 0 Å². The van der Waals surface area contributed by atoms with Crippen molar-refractivity contribution in [3.63, 3.8) is 0 Å². The van der Waals surface area contributed by atoms with Gasteiger partial charge in [-0.1, -0.05) is 180 Å². The highest BCUT2D eigenvalue weighted by Crippen LogP contribution is 2.38. The van der Waals surface area contributed by atoms with Gasteiger partial charge in [0.25, 0.3) is 0 Å². The zero-order valence-electron chi connectivity index (χ0n) is 24.2. The Morgan fingerprint density at radius 3 is 1.34 bits per heavy atom. The first-order valence-corrected chi connectivity index (χ1v) is 15.9. The first-order chi connectivity index (χ1) is 18.9. The molecule has 206 valence electrons. The van der Waals surface area contributed by atoms with Gasteiger partial charge in [-0.25, -0.2) is 0 Å². The standard InChI is InChI=1S/C36H53N2/c1-2-3-4-5-6-7-8-9-10-11-12-13-14-15-16-19-28-34(36-37-29-30-38-36)31-35(32-24-20-17-21-25-32)33-26-22-18-23-27-33/h17-18,20-27,29-30,34-35H,2-16,19,28,31H2,1H3/q+1. The van der Waals surface area contributed by atoms with Crippen molar-refractivity contribution in [1.82, 2.24) is 0 Å². The predicted octanol–water partition coefficient (Wildman–Crippen LogP) is 11.1. The number of nitrogens with zero attached hydrogens (tertiary/aromatic N) is 2. The van der Waals surface area contributed by atoms with Crippen LogP contribution in [0.3, 0.4) is 0 Å². The molecule has 1 unspecified atom stereocenters. The van der Waals surface area contributed by atoms with E-state index in [1.165, 1.54) is 120 Å². The highest BCUT2D eigenvalue weighted by molar-refractivity contribution is 6.18. The molecule has 2 aromatic carbocycles. The van der Waals surface area contributed by atoms with E-state index in [-0.39, 0.29) is 0 Å². The average molecular weight is 514 g/mol. The topological polar surface area (TPSA) is 24.7 Å². The monoisotopic (exact) mass is 513 g/mol. The summed E-state index contributed by atoms with van der Waals surface area (Å²) < 4.78 is 0. The fourth-order valence-corrected chi connectivity index (χ4v) is 5.87. The van der Waals surface area contributed by atoms with Gasteiger partial charge in [0.2, 0.25) is 6.17 Å². The molecular formula is C36H53N2+. The van der Waals surface area contributed by atoms with E-state index in [1.54, 1.807) is 0 Å². The predicted molar refractivity (Wildman–Crippen MR) is 167 cm³/mol. The maximum Gasteiger partial charge on any atom is 0.243 e. The summed E-state index contributed by atoms with van der Waals surface area (Å²) in [7, 11) is 0. The van der Waals surface area contributed by atoms with Gasteiger partial charge in [0.1, 0.15) is 0 Å². The molecule has 3 rings (SSSR count). The minimum atomic E-state index is 0.377. The summed E-state index contributed by atoms with van der Waals surface area (Å²) in [6.45, 7) is 2.30. The van der Waals surface area contributed by atoms with Crippen LogP contribution in [0.4, 0.5) is 0 Å². The van der Waals surface area contributed by atoms with Crippen LogP contribution in [-0.4, -0.2) is 12.4 Å². The van der Waals surface area contributed by atoms with E-state index in [0.717, 1.165) is 12.6 Å². The van der Waals surface area contributed by atoms with Gasteiger partial charge in [-0.3, -0.25) is 0 Å². The van der Waals surface area contributed by atoms with Gasteiger partial charge in [0.15, 0.2) is 12.4 Å². The second-order valence-electron chi connectivity index (χ2n) is 11.3. The summed E-state index contributed by atoms with van der Waals surface area (Å²) in [5.41, 5.74) is 2.78. The normalized spacial score (nSPS) is 13.6. The van der Waals surface area contributed by atoms with Crippen molar-refractivity contribution in [3.8, 4) is 0 Å². The molecule has 1 atom stereocenters. The number of unbranched alkanes of at least 4 members (excludes halogenated alkanes) is 15. The van der Waals surface area contributed by atoms with Crippen LogP contribution < -0.4 is 0 Å². The highest BCUT2D eigenvalue weighted by Gasteiger charge is 2.32. The van der Waals surface area contributed by atoms with Crippen molar-refractivity contribution in [2.75, 3.05) is 0 Å². The summed E-state index contributed by atoms with van der Waals surface area (Å²) in [6, 6.07) is 22.0. The Labute approximate surface area is 234 Å². The zero-order valence-corrected chi connectivity index (χ0v) is 24.2. The zero-order chi connectivity index (χ0) is 26.5. The summed E-state index contributed by atoms with van der Waals surface area (Å²) in [5.74, 6) is 0.781. The molecule has 0 aromatic heterocycles. The van der Waals surface area contributed by atoms with E-state index in [0.29, 0.717) is 11.8 Å². The third-order valence-corrected chi connectivity index (χ3v) is 8.18. The number of benzene rings is 2. The van der Waals surface area contributed by atoms with Crippen molar-refractivity contribution in [1.29, 1.82) is 0 Å². The maximum atomic E-state index is 4.64. The van der Waals surface area contributed by atoms with Crippen molar-refractivity contribution in [2.45, 2.75) is 128 Å². The van der Waals surface area contributed by atoms with Crippen LogP contribution in [0.2, 0.25) is 0 Å². The first kappa shape index (κ1) is 30.2. The SMILES string of the molecule is CCCCCCCCCCCCCCCCCCC(CC(c1ccccc1)c1ccccc1)[C+]1N=CC=N1. The molecule has 0 N–H and O–H groups in total. The van der Waals surface area contributed by atoms with E-state index in [9.17, 15) is 0 Å². The Hall–Kier alpha value is -2.35. The van der Waals surface area contributed by atoms with Crippen LogP contribution in [0, 0.1) is 12.1 Å². The van der Waals surface area contributed by atoms with Crippen LogP contribution in [0.5, 0.6) is 0 Å². The van der Waals surface area contributed by atoms with Gasteiger partial charge < -0.3 is 0 Å². The van der Waals surface area contributed by atoms with Gasteiger partial charge in [0.05, 0.1) is 5.92 Å². The molecule has 1 aliphatic rings. The highest BCUT2D eigenvalue weighted by atomic mass is 15.0. The smallest absolute Gasteiger partial charge is 0.0965 e. The minimum Gasteiger partial charge on any atom is -0.0965 e. The molecule has 1 heterocycles. The van der Waals surface area contributed by atoms with Crippen molar-refractivity contribution in [2.24, 2.45) is 15.9 Å². The van der Waals surface area contributed by atoms with Crippen molar-refractivity contribution in [3.05, 3.63) is 78.0 Å². The van der Waals surface area contributed by atoms with Crippen LogP contribution in [-0.2, 0) is 0 Å². The molecule has 38 heavy (non-hydrogen) atoms. The number of rotatable bonds is 22. The first-order valence-electron chi connectivity index (χ1n) is 15.9. The van der Waals surface area contributed by atoms with E-state index < -0.39 is 0 Å². The Morgan fingerprint density at radius 2 is 0.921 bits per heavy atom. The molecule has 0 aliphatic carbocycles. The van der Waals surface area contributed by atoms with Crippen LogP contribution in [0.15, 0.2) is 70.6 Å². The van der Waals surface area contributed by atoms with Gasteiger partial charge in [-0.15, -0.1) is 0 Å². The Kier molecular flexibility index (Phi) is 15.6. The van der Waals surface area contributed by atoms with Gasteiger partial charge in [-0.05, 0) is 24.0 Å². The molecule has 0 fully saturated rings. The summed E-state index contributed by atoms with van der Waals surface area (Å²) in [4.78, 5) is 9.28. The van der Waals surface area contributed by atoms with E-state index >= 15 is 0 Å². The molecule has 0 spiro atoms. The Morgan fingerprint density at radius 1 is 0.526 bits per heavy atom. The van der Waals surface area contributed by atoms with Gasteiger partial charge in [0, 0.05) is 5.92 Å². The van der Waals surface area contributed by atoms with Crippen molar-refractivity contribution >= 4 is 12.4 Å². The summed E-state index contributed by atoms with van der Waals surface area (Å²) >= 11 is 0. The third-order valence-electron chi connectivity index (χ3n) is 8.18. The summed E-state index contributed by atoms with van der Waals surface area (Å²) in [6.07, 6.45) is 29.6. The fraction of sp³-hybridized carbons (Fsp3) is 0.583. The lowest BCUT2D eigenvalue weighted by Crippen LogP contribution is -2.14. The van der Waals surface area contributed by atoms with Crippen LogP contribution >= 0.6 is 0 Å². The second-order valence-corrected chi connectivity index (χ2v) is 11.3. The molecule has 0 saturated carbocycles. The lowest BCUT2D eigenvalue weighted by Gasteiger charge is -2.23. The third kappa shape index (κ3) is 12.0. The summed E-state index contributed by atoms with van der Waals surface area (Å²) in [5, 5.41) is 0. The molecule has 0 bridgehead atoms. The molecule has 2 heteroatoms. The largest absolute Gasteiger partial charge is 0.243 e. The molecule has 1 aliphatic heterocycles. The van der Waals surface area contributed by atoms with Gasteiger partial charge in [-0.2, -0.15) is 0 Å². The number of hydrogen-bond acceptors (Lipinski definition) is 2. The molecular weight excluding hydrogens is 460 g/mol. The van der Waals surface area contributed by atoms with Crippen LogP contribution in [0.25, 0.3) is 0 Å². The van der Waals surface area contributed by atoms with E-state index in [1.807, 2.05) is 12.4 Å². The maximum absolute atomic E-state index is 4.64. The lowest BCUT2D eigenvalue weighted by atomic mass is 9.81. The molecule has 2 aromatic rings. The average Bonchev–Trinajstić information content (AvgIpc) is 3.50. The quantitative estimate of drug-likeness (QED) is 0.110. The van der Waals surface area contributed by atoms with Gasteiger partial charge >= 0.3 is 0 Å².